The Bertz CT molecular complexity index is 928. The minimum absolute atomic E-state index is 0.0109. The van der Waals surface area contributed by atoms with E-state index in [1.165, 1.54) is 11.3 Å². The van der Waals surface area contributed by atoms with Crippen molar-refractivity contribution in [2.75, 3.05) is 0 Å². The summed E-state index contributed by atoms with van der Waals surface area (Å²) in [5.74, 6) is -0.0529. The minimum Gasteiger partial charge on any atom is -0.477 e. The molecule has 2 heterocycles. The number of hydrogen-bond acceptors (Lipinski definition) is 4. The molecular weight excluding hydrogens is 338 g/mol. The number of nitrogens with one attached hydrogen (secondary N) is 2. The number of carboxylic acid groups (broad SMARTS) is 1. The summed E-state index contributed by atoms with van der Waals surface area (Å²) in [4.78, 5) is 32.4. The summed E-state index contributed by atoms with van der Waals surface area (Å²) in [6, 6.07) is 10.9. The molecule has 0 saturated heterocycles. The first-order valence-electron chi connectivity index (χ1n) is 8.11. The number of amides is 1. The van der Waals surface area contributed by atoms with E-state index in [1.807, 2.05) is 31.2 Å². The van der Waals surface area contributed by atoms with Crippen LogP contribution >= 0.6 is 11.3 Å². The van der Waals surface area contributed by atoms with Gasteiger partial charge in [0.15, 0.2) is 0 Å². The molecule has 0 radical (unpaired) electrons. The highest BCUT2D eigenvalue weighted by Crippen LogP contribution is 2.47. The van der Waals surface area contributed by atoms with Gasteiger partial charge in [-0.3, -0.25) is 4.79 Å². The molecule has 128 valence electrons. The molecule has 1 aromatic carbocycles. The number of carboxylic acids is 1. The van der Waals surface area contributed by atoms with Crippen LogP contribution in [0.1, 0.15) is 45.7 Å². The maximum Gasteiger partial charge on any atom is 0.345 e. The van der Waals surface area contributed by atoms with Crippen molar-refractivity contribution >= 4 is 34.2 Å². The lowest BCUT2D eigenvalue weighted by molar-refractivity contribution is -0.123. The Morgan fingerprint density at radius 1 is 1.32 bits per heavy atom. The van der Waals surface area contributed by atoms with E-state index in [0.29, 0.717) is 0 Å². The SMILES string of the molecule is C[C@@H](NC(=O)[C@H]1C[C@@H]1c1nc2ccccc2[nH]1)c1ccc(C(=O)O)s1. The molecule has 0 unspecified atom stereocenters. The highest BCUT2D eigenvalue weighted by atomic mass is 32.1. The zero-order valence-electron chi connectivity index (χ0n) is 13.5. The van der Waals surface area contributed by atoms with Gasteiger partial charge in [0, 0.05) is 16.7 Å². The lowest BCUT2D eigenvalue weighted by atomic mass is 10.2. The number of para-hydroxylation sites is 2. The Morgan fingerprint density at radius 3 is 2.84 bits per heavy atom. The van der Waals surface area contributed by atoms with E-state index < -0.39 is 5.97 Å². The van der Waals surface area contributed by atoms with Crippen LogP contribution < -0.4 is 5.32 Å². The summed E-state index contributed by atoms with van der Waals surface area (Å²) >= 11 is 1.19. The third-order valence-electron chi connectivity index (χ3n) is 4.51. The van der Waals surface area contributed by atoms with E-state index in [1.54, 1.807) is 12.1 Å². The minimum atomic E-state index is -0.943. The maximum atomic E-state index is 12.5. The van der Waals surface area contributed by atoms with E-state index in [0.717, 1.165) is 28.2 Å². The number of aromatic amines is 1. The lowest BCUT2D eigenvalue weighted by Gasteiger charge is -2.11. The van der Waals surface area contributed by atoms with Crippen molar-refractivity contribution < 1.29 is 14.7 Å². The summed E-state index contributed by atoms with van der Waals surface area (Å²) in [6.07, 6.45) is 0.781. The molecule has 0 aliphatic heterocycles. The standard InChI is InChI=1S/C18H17N3O3S/c1-9(14-6-7-15(25-14)18(23)24)19-17(22)11-8-10(11)16-20-12-4-2-3-5-13(12)21-16/h2-7,9-11H,8H2,1H3,(H,19,22)(H,20,21)(H,23,24)/t9-,10+,11+/m1/s1. The Balaban J connectivity index is 1.41. The first-order valence-corrected chi connectivity index (χ1v) is 8.92. The summed E-state index contributed by atoms with van der Waals surface area (Å²) in [6.45, 7) is 1.87. The number of thiophene rings is 1. The molecule has 1 saturated carbocycles. The highest BCUT2D eigenvalue weighted by molar-refractivity contribution is 7.14. The van der Waals surface area contributed by atoms with Gasteiger partial charge in [-0.2, -0.15) is 0 Å². The zero-order chi connectivity index (χ0) is 17.6. The van der Waals surface area contributed by atoms with Gasteiger partial charge in [-0.25, -0.2) is 9.78 Å². The molecule has 7 heteroatoms. The van der Waals surface area contributed by atoms with E-state index in [9.17, 15) is 9.59 Å². The second kappa shape index (κ2) is 6.00. The van der Waals surface area contributed by atoms with Gasteiger partial charge in [-0.05, 0) is 37.6 Å². The smallest absolute Gasteiger partial charge is 0.345 e. The first kappa shape index (κ1) is 15.8. The van der Waals surface area contributed by atoms with Gasteiger partial charge in [-0.1, -0.05) is 12.1 Å². The van der Waals surface area contributed by atoms with Crippen molar-refractivity contribution in [3.8, 4) is 0 Å². The van der Waals surface area contributed by atoms with Gasteiger partial charge < -0.3 is 15.4 Å². The molecule has 0 spiro atoms. The first-order chi connectivity index (χ1) is 12.0. The Hall–Kier alpha value is -2.67. The van der Waals surface area contributed by atoms with Crippen LogP contribution in [-0.2, 0) is 4.79 Å². The van der Waals surface area contributed by atoms with E-state index in [2.05, 4.69) is 15.3 Å². The number of fused-ring (bicyclic) bond motifs is 1. The monoisotopic (exact) mass is 355 g/mol. The number of carbonyl (C=O) groups is 2. The number of aromatic carboxylic acids is 1. The largest absolute Gasteiger partial charge is 0.477 e. The van der Waals surface area contributed by atoms with Crippen molar-refractivity contribution in [2.24, 2.45) is 5.92 Å². The molecule has 1 fully saturated rings. The van der Waals surface area contributed by atoms with Crippen LogP contribution in [0, 0.1) is 5.92 Å². The van der Waals surface area contributed by atoms with Gasteiger partial charge >= 0.3 is 5.97 Å². The average molecular weight is 355 g/mol. The predicted molar refractivity (Wildman–Crippen MR) is 94.8 cm³/mol. The van der Waals surface area contributed by atoms with Gasteiger partial charge in [0.05, 0.1) is 17.1 Å². The molecule has 6 nitrogen and oxygen atoms in total. The Morgan fingerprint density at radius 2 is 2.12 bits per heavy atom. The molecule has 1 aliphatic carbocycles. The van der Waals surface area contributed by atoms with Crippen LogP contribution in [0.5, 0.6) is 0 Å². The maximum absolute atomic E-state index is 12.5. The number of carbonyl (C=O) groups excluding carboxylic acids is 1. The number of H-pyrrole nitrogens is 1. The molecule has 1 aliphatic rings. The van der Waals surface area contributed by atoms with E-state index in [-0.39, 0.29) is 28.7 Å². The second-order valence-corrected chi connectivity index (χ2v) is 7.44. The van der Waals surface area contributed by atoms with Crippen molar-refractivity contribution in [1.82, 2.24) is 15.3 Å². The van der Waals surface area contributed by atoms with Crippen LogP contribution in [0.25, 0.3) is 11.0 Å². The van der Waals surface area contributed by atoms with Gasteiger partial charge in [0.2, 0.25) is 5.91 Å². The molecule has 3 N–H and O–H groups in total. The average Bonchev–Trinajstić information content (AvgIpc) is 3.05. The fourth-order valence-corrected chi connectivity index (χ4v) is 3.88. The van der Waals surface area contributed by atoms with E-state index >= 15 is 0 Å². The zero-order valence-corrected chi connectivity index (χ0v) is 14.3. The van der Waals surface area contributed by atoms with Crippen LogP contribution in [0.2, 0.25) is 0 Å². The Labute approximate surface area is 147 Å². The number of nitrogens with zero attached hydrogens (tertiary/aromatic N) is 1. The molecular formula is C18H17N3O3S. The molecule has 25 heavy (non-hydrogen) atoms. The number of rotatable bonds is 5. The third kappa shape index (κ3) is 3.02. The second-order valence-electron chi connectivity index (χ2n) is 6.33. The number of hydrogen-bond donors (Lipinski definition) is 3. The fraction of sp³-hybridized carbons (Fsp3) is 0.278. The van der Waals surface area contributed by atoms with E-state index in [4.69, 9.17) is 5.11 Å². The van der Waals surface area contributed by atoms with Crippen LogP contribution in [0.15, 0.2) is 36.4 Å². The van der Waals surface area contributed by atoms with Gasteiger partial charge in [0.1, 0.15) is 10.7 Å². The molecule has 3 atom stereocenters. The van der Waals surface area contributed by atoms with Crippen LogP contribution in [0.3, 0.4) is 0 Å². The van der Waals surface area contributed by atoms with Crippen molar-refractivity contribution in [3.63, 3.8) is 0 Å². The van der Waals surface area contributed by atoms with Gasteiger partial charge in [-0.15, -0.1) is 11.3 Å². The summed E-state index contributed by atoms with van der Waals surface area (Å²) in [5.41, 5.74) is 1.90. The van der Waals surface area contributed by atoms with Crippen LogP contribution in [0.4, 0.5) is 0 Å². The third-order valence-corrected chi connectivity index (χ3v) is 5.77. The number of aromatic nitrogens is 2. The lowest BCUT2D eigenvalue weighted by Crippen LogP contribution is -2.28. The number of imidazole rings is 1. The van der Waals surface area contributed by atoms with Crippen molar-refractivity contribution in [3.05, 3.63) is 52.0 Å². The van der Waals surface area contributed by atoms with Gasteiger partial charge in [0.25, 0.3) is 0 Å². The summed E-state index contributed by atoms with van der Waals surface area (Å²) in [5, 5.41) is 12.0. The Kier molecular flexibility index (Phi) is 3.80. The number of benzene rings is 1. The van der Waals surface area contributed by atoms with Crippen molar-refractivity contribution in [2.45, 2.75) is 25.3 Å². The predicted octanol–water partition coefficient (Wildman–Crippen LogP) is 3.30. The molecule has 1 amide bonds. The molecule has 3 aromatic rings. The fourth-order valence-electron chi connectivity index (χ4n) is 3.03. The quantitative estimate of drug-likeness (QED) is 0.654. The highest BCUT2D eigenvalue weighted by Gasteiger charge is 2.46. The molecule has 4 rings (SSSR count). The molecule has 0 bridgehead atoms. The van der Waals surface area contributed by atoms with Crippen LogP contribution in [-0.4, -0.2) is 27.0 Å². The summed E-state index contributed by atoms with van der Waals surface area (Å²) < 4.78 is 0. The normalized spacial score (nSPS) is 20.4. The summed E-state index contributed by atoms with van der Waals surface area (Å²) in [7, 11) is 0. The molecule has 2 aromatic heterocycles. The topological polar surface area (TPSA) is 95.1 Å². The van der Waals surface area contributed by atoms with Crippen molar-refractivity contribution in [1.29, 1.82) is 0 Å².